The number of fused-ring (bicyclic) bond motifs is 1. The number of carbonyl (C=O) groups excluding carboxylic acids is 3. The van der Waals surface area contributed by atoms with Gasteiger partial charge < -0.3 is 20.1 Å². The maximum atomic E-state index is 12.2. The summed E-state index contributed by atoms with van der Waals surface area (Å²) in [5.74, 6) is -1.38. The van der Waals surface area contributed by atoms with Gasteiger partial charge in [0.2, 0.25) is 12.2 Å². The quantitative estimate of drug-likeness (QED) is 0.439. The molecule has 1 unspecified atom stereocenters. The lowest BCUT2D eigenvalue weighted by Crippen LogP contribution is -2.69. The predicted molar refractivity (Wildman–Crippen MR) is 71.4 cm³/mol. The molecule has 0 aliphatic carbocycles. The van der Waals surface area contributed by atoms with Crippen LogP contribution in [0.3, 0.4) is 0 Å². The molecule has 2 fully saturated rings. The van der Waals surface area contributed by atoms with Crippen LogP contribution in [0.15, 0.2) is 0 Å². The minimum atomic E-state index is -0.982. The van der Waals surface area contributed by atoms with Crippen molar-refractivity contribution in [2.75, 3.05) is 0 Å². The molecule has 2 saturated heterocycles. The van der Waals surface area contributed by atoms with Crippen LogP contribution in [0, 0.1) is 0 Å². The Balaban J connectivity index is 2.08. The van der Waals surface area contributed by atoms with Crippen molar-refractivity contribution < 1.29 is 23.9 Å². The lowest BCUT2D eigenvalue weighted by Gasteiger charge is -2.42. The van der Waals surface area contributed by atoms with E-state index in [0.717, 1.165) is 0 Å². The summed E-state index contributed by atoms with van der Waals surface area (Å²) >= 11 is 1.48. The van der Waals surface area contributed by atoms with E-state index in [0.29, 0.717) is 0 Å². The van der Waals surface area contributed by atoms with E-state index in [-0.39, 0.29) is 11.3 Å². The van der Waals surface area contributed by atoms with Gasteiger partial charge >= 0.3 is 11.9 Å². The fourth-order valence-corrected chi connectivity index (χ4v) is 4.07. The van der Waals surface area contributed by atoms with Gasteiger partial charge in [-0.05, 0) is 13.8 Å². The van der Waals surface area contributed by atoms with Crippen molar-refractivity contribution in [1.29, 1.82) is 0 Å². The van der Waals surface area contributed by atoms with Gasteiger partial charge in [-0.25, -0.2) is 4.79 Å². The monoisotopic (exact) mass is 302 g/mol. The second kappa shape index (κ2) is 4.92. The number of esters is 2. The topological polar surface area (TPSA) is 98.9 Å². The van der Waals surface area contributed by atoms with Crippen LogP contribution in [-0.4, -0.2) is 51.2 Å². The number of rotatable bonds is 3. The zero-order chi connectivity index (χ0) is 15.2. The highest BCUT2D eigenvalue weighted by atomic mass is 32.2. The molecule has 0 aromatic heterocycles. The number of carbonyl (C=O) groups is 3. The van der Waals surface area contributed by atoms with Gasteiger partial charge in [-0.2, -0.15) is 0 Å². The van der Waals surface area contributed by atoms with Crippen LogP contribution in [0.4, 0.5) is 0 Å². The number of hydrogen-bond donors (Lipinski definition) is 1. The van der Waals surface area contributed by atoms with Crippen molar-refractivity contribution >= 4 is 29.6 Å². The van der Waals surface area contributed by atoms with Crippen LogP contribution in [0.25, 0.3) is 0 Å². The Labute approximate surface area is 121 Å². The number of amides is 1. The molecule has 0 aromatic rings. The highest BCUT2D eigenvalue weighted by Gasteiger charge is 2.63. The molecule has 2 N–H and O–H groups in total. The summed E-state index contributed by atoms with van der Waals surface area (Å²) in [6, 6.07) is -1.29. The number of ether oxygens (including phenoxy) is 2. The van der Waals surface area contributed by atoms with E-state index in [1.165, 1.54) is 30.5 Å². The van der Waals surface area contributed by atoms with E-state index in [2.05, 4.69) is 0 Å². The maximum absolute atomic E-state index is 12.2. The van der Waals surface area contributed by atoms with Crippen molar-refractivity contribution in [3.8, 4) is 0 Å². The third-order valence-electron chi connectivity index (χ3n) is 3.32. The van der Waals surface area contributed by atoms with Gasteiger partial charge in [-0.1, -0.05) is 0 Å². The number of nitrogens with zero attached hydrogens (tertiary/aromatic N) is 1. The molecule has 2 aliphatic rings. The summed E-state index contributed by atoms with van der Waals surface area (Å²) in [7, 11) is 0. The second-order valence-corrected chi connectivity index (χ2v) is 7.17. The highest BCUT2D eigenvalue weighted by molar-refractivity contribution is 8.01. The normalized spacial score (nSPS) is 32.1. The molecule has 0 spiro atoms. The van der Waals surface area contributed by atoms with E-state index < -0.39 is 35.1 Å². The average Bonchev–Trinajstić information content (AvgIpc) is 2.56. The van der Waals surface area contributed by atoms with E-state index in [9.17, 15) is 14.4 Å². The molecule has 8 heteroatoms. The molecule has 0 bridgehead atoms. The fraction of sp³-hybridized carbons (Fsp3) is 0.750. The van der Waals surface area contributed by atoms with E-state index >= 15 is 0 Å². The van der Waals surface area contributed by atoms with Crippen LogP contribution >= 0.6 is 11.8 Å². The largest absolute Gasteiger partial charge is 0.426 e. The number of thioether (sulfide) groups is 1. The first-order valence-electron chi connectivity index (χ1n) is 6.28. The summed E-state index contributed by atoms with van der Waals surface area (Å²) in [6.45, 7) is 6.40. The lowest BCUT2D eigenvalue weighted by atomic mass is 9.96. The third kappa shape index (κ3) is 2.37. The SMILES string of the molecule is CC(=O)OC(C)OC(=O)[C@@H]1N2C(=O)[C@@H](N)[C@H]2SC1(C)C. The number of β-lactam (4-membered cyclic amide) rings is 1. The van der Waals surface area contributed by atoms with Crippen LogP contribution in [0.2, 0.25) is 0 Å². The first-order valence-corrected chi connectivity index (χ1v) is 7.16. The summed E-state index contributed by atoms with van der Waals surface area (Å²) in [4.78, 5) is 36.3. The van der Waals surface area contributed by atoms with Crippen LogP contribution in [0.5, 0.6) is 0 Å². The van der Waals surface area contributed by atoms with Crippen LogP contribution in [0.1, 0.15) is 27.7 Å². The number of nitrogens with two attached hydrogens (primary N) is 1. The Morgan fingerprint density at radius 2 is 2.00 bits per heavy atom. The van der Waals surface area contributed by atoms with E-state index in [1.807, 2.05) is 13.8 Å². The summed E-state index contributed by atoms with van der Waals surface area (Å²) in [5.41, 5.74) is 5.72. The molecule has 2 aliphatic heterocycles. The van der Waals surface area contributed by atoms with Crippen LogP contribution < -0.4 is 5.73 Å². The standard InChI is InChI=1S/C12H18N2O5S/c1-5(15)18-6(2)19-11(17)8-12(3,4)20-10-7(13)9(16)14(8)10/h6-8,10H,13H2,1-4H3/t6?,7-,8+,10-/m1/s1. The zero-order valence-electron chi connectivity index (χ0n) is 11.8. The van der Waals surface area contributed by atoms with Gasteiger partial charge in [-0.15, -0.1) is 11.8 Å². The molecular formula is C12H18N2O5S. The zero-order valence-corrected chi connectivity index (χ0v) is 12.6. The molecule has 0 saturated carbocycles. The Kier molecular flexibility index (Phi) is 3.72. The molecule has 20 heavy (non-hydrogen) atoms. The van der Waals surface area contributed by atoms with Crippen molar-refractivity contribution in [2.24, 2.45) is 5.73 Å². The molecule has 0 radical (unpaired) electrons. The molecule has 112 valence electrons. The third-order valence-corrected chi connectivity index (χ3v) is 4.91. The van der Waals surface area contributed by atoms with Crippen molar-refractivity contribution in [3.05, 3.63) is 0 Å². The molecule has 7 nitrogen and oxygen atoms in total. The van der Waals surface area contributed by atoms with Crippen LogP contribution in [-0.2, 0) is 23.9 Å². The van der Waals surface area contributed by atoms with Gasteiger partial charge in [-0.3, -0.25) is 9.59 Å². The van der Waals surface area contributed by atoms with Crippen molar-refractivity contribution in [2.45, 2.75) is 56.2 Å². The Hall–Kier alpha value is -1.28. The van der Waals surface area contributed by atoms with Gasteiger partial charge in [0.1, 0.15) is 17.5 Å². The summed E-state index contributed by atoms with van der Waals surface area (Å²) < 4.78 is 9.35. The number of hydrogen-bond acceptors (Lipinski definition) is 7. The summed E-state index contributed by atoms with van der Waals surface area (Å²) in [5, 5.41) is -0.195. The Morgan fingerprint density at radius 1 is 1.40 bits per heavy atom. The average molecular weight is 302 g/mol. The van der Waals surface area contributed by atoms with Gasteiger partial charge in [0.15, 0.2) is 0 Å². The molecular weight excluding hydrogens is 284 g/mol. The molecule has 1 amide bonds. The predicted octanol–water partition coefficient (Wildman–Crippen LogP) is -0.172. The molecule has 2 rings (SSSR count). The van der Waals surface area contributed by atoms with Gasteiger partial charge in [0.25, 0.3) is 0 Å². The van der Waals surface area contributed by atoms with E-state index in [1.54, 1.807) is 0 Å². The fourth-order valence-electron chi connectivity index (χ4n) is 2.51. The minimum Gasteiger partial charge on any atom is -0.426 e. The summed E-state index contributed by atoms with van der Waals surface area (Å²) in [6.07, 6.45) is -0.982. The van der Waals surface area contributed by atoms with Gasteiger partial charge in [0.05, 0.1) is 0 Å². The minimum absolute atomic E-state index is 0.195. The van der Waals surface area contributed by atoms with E-state index in [4.69, 9.17) is 15.2 Å². The smallest absolute Gasteiger partial charge is 0.333 e. The van der Waals surface area contributed by atoms with Gasteiger partial charge in [0, 0.05) is 18.6 Å². The lowest BCUT2D eigenvalue weighted by molar-refractivity contribution is -0.190. The molecule has 0 aromatic carbocycles. The van der Waals surface area contributed by atoms with Crippen molar-refractivity contribution in [3.63, 3.8) is 0 Å². The second-order valence-electron chi connectivity index (χ2n) is 5.40. The molecule has 4 atom stereocenters. The Morgan fingerprint density at radius 3 is 2.55 bits per heavy atom. The maximum Gasteiger partial charge on any atom is 0.333 e. The first kappa shape index (κ1) is 15.1. The first-order chi connectivity index (χ1) is 9.15. The van der Waals surface area contributed by atoms with Crippen molar-refractivity contribution in [1.82, 2.24) is 4.90 Å². The molecule has 2 heterocycles. The Bertz CT molecular complexity index is 467. The highest BCUT2D eigenvalue weighted by Crippen LogP contribution is 2.50.